The molecule has 0 amide bonds. The maximum absolute atomic E-state index is 7.01. The van der Waals surface area contributed by atoms with Crippen LogP contribution in [0.15, 0.2) is 150 Å². The lowest BCUT2D eigenvalue weighted by Crippen LogP contribution is -2.60. The van der Waals surface area contributed by atoms with Gasteiger partial charge in [0.2, 0.25) is 0 Å². The van der Waals surface area contributed by atoms with Gasteiger partial charge in [0.25, 0.3) is 6.71 Å². The van der Waals surface area contributed by atoms with E-state index in [0.717, 1.165) is 11.5 Å². The maximum atomic E-state index is 7.01. The smallest absolute Gasteiger partial charge is 0.264 e. The molecule has 5 heteroatoms. The fraction of sp³-hybridized carbons (Fsp3) is 0.304. The molecule has 9 aromatic rings. The van der Waals surface area contributed by atoms with Crippen LogP contribution < -0.4 is 25.5 Å². The highest BCUT2D eigenvalue weighted by Crippen LogP contribution is 2.65. The highest BCUT2D eigenvalue weighted by atomic mass is 32.1. The normalized spacial score (nSPS) is 16.6. The van der Waals surface area contributed by atoms with Crippen LogP contribution in [0.4, 0.5) is 34.1 Å². The molecule has 0 saturated heterocycles. The minimum Gasteiger partial charge on any atom is -0.460 e. The summed E-state index contributed by atoms with van der Waals surface area (Å²) >= 11 is 2.00. The monoisotopic (exact) mass is 985 g/mol. The molecule has 7 aromatic carbocycles. The molecule has 0 N–H and O–H groups in total. The number of fused-ring (bicyclic) bond motifs is 16. The van der Waals surface area contributed by atoms with Crippen LogP contribution in [-0.2, 0) is 32.5 Å². The van der Waals surface area contributed by atoms with Crippen LogP contribution in [0.1, 0.15) is 154 Å². The van der Waals surface area contributed by atoms with Crippen LogP contribution in [0, 0.1) is 0 Å². The zero-order valence-electron chi connectivity index (χ0n) is 46.1. The van der Waals surface area contributed by atoms with E-state index in [-0.39, 0.29) is 33.8 Å². The average Bonchev–Trinajstić information content (AvgIpc) is 4.16. The molecule has 2 aromatic heterocycles. The molecule has 370 valence electrons. The van der Waals surface area contributed by atoms with Crippen molar-refractivity contribution < 1.29 is 4.42 Å². The van der Waals surface area contributed by atoms with Gasteiger partial charge in [-0.3, -0.25) is 0 Å². The molecule has 2 aliphatic carbocycles. The van der Waals surface area contributed by atoms with E-state index in [1.54, 1.807) is 0 Å². The van der Waals surface area contributed by atoms with E-state index in [0.29, 0.717) is 0 Å². The van der Waals surface area contributed by atoms with E-state index in [1.165, 1.54) is 121 Å². The molecule has 1 unspecified atom stereocenters. The summed E-state index contributed by atoms with van der Waals surface area (Å²) in [5.74, 6) is 2.03. The molecule has 4 heterocycles. The van der Waals surface area contributed by atoms with Gasteiger partial charge < -0.3 is 14.2 Å². The third-order valence-electron chi connectivity index (χ3n) is 17.0. The Labute approximate surface area is 444 Å². The van der Waals surface area contributed by atoms with Gasteiger partial charge in [-0.15, -0.1) is 11.3 Å². The summed E-state index contributed by atoms with van der Waals surface area (Å²) in [7, 11) is 0. The Morgan fingerprint density at radius 2 is 0.946 bits per heavy atom. The van der Waals surface area contributed by atoms with Crippen LogP contribution >= 0.6 is 11.3 Å². The van der Waals surface area contributed by atoms with Crippen molar-refractivity contribution in [3.63, 3.8) is 0 Å². The summed E-state index contributed by atoms with van der Waals surface area (Å²) in [6.07, 6.45) is 0. The molecular formula is C69H69BN2OS. The van der Waals surface area contributed by atoms with Gasteiger partial charge in [0.15, 0.2) is 0 Å². The van der Waals surface area contributed by atoms with Crippen LogP contribution in [-0.4, -0.2) is 6.71 Å². The lowest BCUT2D eigenvalue weighted by atomic mass is 9.36. The Morgan fingerprint density at radius 3 is 1.53 bits per heavy atom. The zero-order chi connectivity index (χ0) is 52.0. The topological polar surface area (TPSA) is 19.6 Å². The molecule has 74 heavy (non-hydrogen) atoms. The van der Waals surface area contributed by atoms with Crippen molar-refractivity contribution in [1.29, 1.82) is 0 Å². The van der Waals surface area contributed by atoms with Crippen molar-refractivity contribution in [2.75, 3.05) is 9.80 Å². The predicted octanol–water partition coefficient (Wildman–Crippen LogP) is 17.4. The Bertz CT molecular complexity index is 3810. The van der Waals surface area contributed by atoms with Gasteiger partial charge in [-0.05, 0) is 143 Å². The van der Waals surface area contributed by atoms with Gasteiger partial charge in [-0.25, -0.2) is 0 Å². The van der Waals surface area contributed by atoms with E-state index in [1.807, 2.05) is 11.3 Å². The first-order valence-corrected chi connectivity index (χ1v) is 27.8. The quantitative estimate of drug-likeness (QED) is 0.161. The molecule has 4 aliphatic rings. The number of hydrogen-bond donors (Lipinski definition) is 0. The van der Waals surface area contributed by atoms with Crippen molar-refractivity contribution >= 4 is 78.0 Å². The van der Waals surface area contributed by atoms with Crippen LogP contribution in [0.3, 0.4) is 0 Å². The first-order valence-electron chi connectivity index (χ1n) is 26.9. The van der Waals surface area contributed by atoms with E-state index in [4.69, 9.17) is 4.42 Å². The molecule has 13 rings (SSSR count). The van der Waals surface area contributed by atoms with Gasteiger partial charge in [0.1, 0.15) is 11.5 Å². The molecule has 2 aliphatic heterocycles. The number of thiophene rings is 1. The van der Waals surface area contributed by atoms with Crippen molar-refractivity contribution in [2.24, 2.45) is 0 Å². The van der Waals surface area contributed by atoms with Crippen LogP contribution in [0.25, 0.3) is 32.5 Å². The number of hydrogen-bond acceptors (Lipinski definition) is 4. The zero-order valence-corrected chi connectivity index (χ0v) is 47.0. The van der Waals surface area contributed by atoms with Crippen LogP contribution in [0.2, 0.25) is 0 Å². The first-order chi connectivity index (χ1) is 34.8. The maximum Gasteiger partial charge on any atom is 0.264 e. The van der Waals surface area contributed by atoms with E-state index in [2.05, 4.69) is 259 Å². The standard InChI is InChI=1S/C69H69BN2OS/c1-64(2,3)40-24-29-44(30-25-40)71-55-34-42(66(7,8)9)28-33-54(55)70-60-56(71)35-43(67(10,11)12)36-57(60)72(45-31-26-41(27-32-45)65(4,5)6)61-49-37-48-46-20-16-18-22-50(46)69(52(48)38-58(49)74-63(61)70)51-23-19-17-21-47(51)62-53(69)39-59(73-62)68(13,14)15/h16-39H,1-15H3. The molecular weight excluding hydrogens is 916 g/mol. The van der Waals surface area contributed by atoms with E-state index >= 15 is 0 Å². The number of anilines is 6. The second kappa shape index (κ2) is 15.3. The van der Waals surface area contributed by atoms with E-state index in [9.17, 15) is 0 Å². The Kier molecular flexibility index (Phi) is 9.75. The minimum atomic E-state index is -0.520. The molecule has 0 fully saturated rings. The molecule has 1 atom stereocenters. The Balaban J connectivity index is 1.15. The Morgan fingerprint density at radius 1 is 0.432 bits per heavy atom. The highest BCUT2D eigenvalue weighted by Gasteiger charge is 2.55. The third kappa shape index (κ3) is 6.63. The fourth-order valence-corrected chi connectivity index (χ4v) is 14.2. The molecule has 3 nitrogen and oxygen atoms in total. The highest BCUT2D eigenvalue weighted by molar-refractivity contribution is 7.33. The van der Waals surface area contributed by atoms with Crippen molar-refractivity contribution in [1.82, 2.24) is 0 Å². The minimum absolute atomic E-state index is 0.00116. The molecule has 0 bridgehead atoms. The van der Waals surface area contributed by atoms with Crippen molar-refractivity contribution in [3.05, 3.63) is 196 Å². The van der Waals surface area contributed by atoms with Crippen molar-refractivity contribution in [2.45, 2.75) is 136 Å². The average molecular weight is 985 g/mol. The summed E-state index contributed by atoms with van der Waals surface area (Å²) in [5, 5.41) is 1.30. The fourth-order valence-electron chi connectivity index (χ4n) is 12.9. The van der Waals surface area contributed by atoms with Gasteiger partial charge in [0.05, 0.1) is 11.1 Å². The van der Waals surface area contributed by atoms with Crippen LogP contribution in [0.5, 0.6) is 0 Å². The summed E-state index contributed by atoms with van der Waals surface area (Å²) in [6, 6.07) is 57.3. The summed E-state index contributed by atoms with van der Waals surface area (Å²) in [4.78, 5) is 5.28. The number of furan rings is 1. The number of nitrogens with zero attached hydrogens (tertiary/aromatic N) is 2. The Hall–Kier alpha value is -6.56. The largest absolute Gasteiger partial charge is 0.460 e. The number of rotatable bonds is 2. The second-order valence-corrected chi connectivity index (χ2v) is 28.1. The second-order valence-electron chi connectivity index (χ2n) is 27.1. The molecule has 0 saturated carbocycles. The summed E-state index contributed by atoms with van der Waals surface area (Å²) < 4.78 is 9.71. The molecule has 1 spiro atoms. The molecule has 0 radical (unpaired) electrons. The van der Waals surface area contributed by atoms with Gasteiger partial charge in [-0.2, -0.15) is 0 Å². The third-order valence-corrected chi connectivity index (χ3v) is 18.2. The first kappa shape index (κ1) is 47.2. The van der Waals surface area contributed by atoms with Gasteiger partial charge in [-0.1, -0.05) is 189 Å². The van der Waals surface area contributed by atoms with E-state index < -0.39 is 5.41 Å². The van der Waals surface area contributed by atoms with Gasteiger partial charge >= 0.3 is 0 Å². The van der Waals surface area contributed by atoms with Crippen molar-refractivity contribution in [3.8, 4) is 22.5 Å². The summed E-state index contributed by atoms with van der Waals surface area (Å²) in [5.41, 5.74) is 23.7. The number of benzene rings is 7. The summed E-state index contributed by atoms with van der Waals surface area (Å²) in [6.45, 7) is 34.8. The van der Waals surface area contributed by atoms with Gasteiger partial charge in [0, 0.05) is 59.8 Å². The predicted molar refractivity (Wildman–Crippen MR) is 318 cm³/mol. The SMILES string of the molecule is CC(C)(C)c1ccc(N2c3cc(C(C)(C)C)ccc3B3c4sc5cc6c(cc5c4N(c4ccc(C(C)(C)C)cc4)c4cc(C(C)(C)C)cc2c43)-c2ccccc2C62c3ccccc3-c3oc(C(C)(C)C)cc32)cc1. The lowest BCUT2D eigenvalue weighted by molar-refractivity contribution is 0.417. The lowest BCUT2D eigenvalue weighted by Gasteiger charge is -2.44.